The first kappa shape index (κ1) is 15.8. The zero-order chi connectivity index (χ0) is 18.4. The highest BCUT2D eigenvalue weighted by molar-refractivity contribution is 7.90. The molecule has 0 radical (unpaired) electrons. The Labute approximate surface area is 155 Å². The summed E-state index contributed by atoms with van der Waals surface area (Å²) in [5, 5.41) is 1.75. The van der Waals surface area contributed by atoms with Crippen molar-refractivity contribution in [2.45, 2.75) is 4.90 Å². The van der Waals surface area contributed by atoms with Gasteiger partial charge in [-0.3, -0.25) is 4.98 Å². The summed E-state index contributed by atoms with van der Waals surface area (Å²) >= 11 is 0. The normalized spacial score (nSPS) is 12.0. The van der Waals surface area contributed by atoms with Crippen LogP contribution < -0.4 is 0 Å². The summed E-state index contributed by atoms with van der Waals surface area (Å²) < 4.78 is 27.7. The Morgan fingerprint density at radius 3 is 2.59 bits per heavy atom. The fourth-order valence-corrected chi connectivity index (χ4v) is 4.72. The topological polar surface area (TPSA) is 80.6 Å². The van der Waals surface area contributed by atoms with Crippen LogP contribution in [0.15, 0.2) is 84.4 Å². The Hall–Kier alpha value is -3.45. The summed E-state index contributed by atoms with van der Waals surface area (Å²) in [6.07, 6.45) is 8.47. The van der Waals surface area contributed by atoms with Crippen molar-refractivity contribution in [2.24, 2.45) is 0 Å². The summed E-state index contributed by atoms with van der Waals surface area (Å²) in [7, 11) is -3.74. The predicted molar refractivity (Wildman–Crippen MR) is 104 cm³/mol. The molecule has 0 bridgehead atoms. The van der Waals surface area contributed by atoms with Gasteiger partial charge >= 0.3 is 0 Å². The highest BCUT2D eigenvalue weighted by Gasteiger charge is 2.22. The Morgan fingerprint density at radius 1 is 0.889 bits per heavy atom. The summed E-state index contributed by atoms with van der Waals surface area (Å²) in [5.74, 6) is 0. The third-order valence-electron chi connectivity index (χ3n) is 4.62. The van der Waals surface area contributed by atoms with Crippen LogP contribution in [-0.4, -0.2) is 27.3 Å². The number of rotatable bonds is 3. The Kier molecular flexibility index (Phi) is 3.38. The molecule has 1 N–H and O–H groups in total. The van der Waals surface area contributed by atoms with Gasteiger partial charge in [0.15, 0.2) is 0 Å². The average molecular weight is 374 g/mol. The minimum absolute atomic E-state index is 0.234. The van der Waals surface area contributed by atoms with Crippen molar-refractivity contribution in [3.63, 3.8) is 0 Å². The maximum atomic E-state index is 13.2. The third-order valence-corrected chi connectivity index (χ3v) is 6.30. The van der Waals surface area contributed by atoms with E-state index in [1.807, 2.05) is 24.4 Å². The zero-order valence-corrected chi connectivity index (χ0v) is 14.9. The molecule has 0 aliphatic rings. The molecule has 27 heavy (non-hydrogen) atoms. The van der Waals surface area contributed by atoms with E-state index in [9.17, 15) is 8.42 Å². The van der Waals surface area contributed by atoms with Gasteiger partial charge in [-0.1, -0.05) is 18.2 Å². The van der Waals surface area contributed by atoms with Crippen LogP contribution in [-0.2, 0) is 10.0 Å². The third kappa shape index (κ3) is 2.36. The number of H-pyrrole nitrogens is 1. The molecule has 0 atom stereocenters. The van der Waals surface area contributed by atoms with Gasteiger partial charge in [0.05, 0.1) is 16.6 Å². The first-order valence-electron chi connectivity index (χ1n) is 8.34. The summed E-state index contributed by atoms with van der Waals surface area (Å²) in [5.41, 5.74) is 3.01. The lowest BCUT2D eigenvalue weighted by Crippen LogP contribution is -2.11. The highest BCUT2D eigenvalue weighted by Crippen LogP contribution is 2.35. The number of hydrogen-bond donors (Lipinski definition) is 1. The van der Waals surface area contributed by atoms with E-state index in [0.717, 1.165) is 27.5 Å². The second-order valence-electron chi connectivity index (χ2n) is 6.15. The van der Waals surface area contributed by atoms with Gasteiger partial charge in [-0.2, -0.15) is 0 Å². The van der Waals surface area contributed by atoms with E-state index in [1.165, 1.54) is 3.97 Å². The maximum Gasteiger partial charge on any atom is 0.268 e. The number of hydrogen-bond acceptors (Lipinski definition) is 4. The lowest BCUT2D eigenvalue weighted by molar-refractivity contribution is 0.589. The van der Waals surface area contributed by atoms with Crippen molar-refractivity contribution < 1.29 is 8.42 Å². The smallest absolute Gasteiger partial charge is 0.268 e. The zero-order valence-electron chi connectivity index (χ0n) is 14.1. The first-order valence-corrected chi connectivity index (χ1v) is 9.78. The highest BCUT2D eigenvalue weighted by atomic mass is 32.2. The van der Waals surface area contributed by atoms with Crippen molar-refractivity contribution in [2.75, 3.05) is 0 Å². The number of nitrogens with one attached hydrogen (secondary N) is 1. The molecule has 0 spiro atoms. The lowest BCUT2D eigenvalue weighted by atomic mass is 10.1. The minimum atomic E-state index is -3.74. The van der Waals surface area contributed by atoms with Crippen LogP contribution in [0, 0.1) is 0 Å². The average Bonchev–Trinajstić information content (AvgIpc) is 3.30. The molecule has 5 aromatic rings. The minimum Gasteiger partial charge on any atom is -0.346 e. The summed E-state index contributed by atoms with van der Waals surface area (Å²) in [6, 6.07) is 14.0. The number of benzene rings is 1. The van der Waals surface area contributed by atoms with Crippen molar-refractivity contribution in [3.05, 3.63) is 79.5 Å². The van der Waals surface area contributed by atoms with Gasteiger partial charge in [0, 0.05) is 46.7 Å². The van der Waals surface area contributed by atoms with E-state index in [-0.39, 0.29) is 4.90 Å². The predicted octanol–water partition coefficient (Wildman–Crippen LogP) is 3.82. The van der Waals surface area contributed by atoms with Crippen LogP contribution >= 0.6 is 0 Å². The molecule has 0 aliphatic heterocycles. The molecule has 1 aromatic carbocycles. The SMILES string of the molecule is O=S(=O)(c1ccccc1)n1cc(-c2c[nH]c3ncccc23)c2ccncc21. The summed E-state index contributed by atoms with van der Waals surface area (Å²) in [4.78, 5) is 11.8. The fourth-order valence-electron chi connectivity index (χ4n) is 3.34. The molecular formula is C20H14N4O2S. The van der Waals surface area contributed by atoms with Crippen molar-refractivity contribution in [1.29, 1.82) is 0 Å². The Balaban J connectivity index is 1.82. The Morgan fingerprint density at radius 2 is 1.74 bits per heavy atom. The van der Waals surface area contributed by atoms with Crippen molar-refractivity contribution in [3.8, 4) is 11.1 Å². The number of pyridine rings is 2. The van der Waals surface area contributed by atoms with Gasteiger partial charge in [-0.15, -0.1) is 0 Å². The van der Waals surface area contributed by atoms with E-state index >= 15 is 0 Å². The molecule has 0 saturated heterocycles. The van der Waals surface area contributed by atoms with E-state index < -0.39 is 10.0 Å². The molecule has 0 amide bonds. The van der Waals surface area contributed by atoms with Crippen molar-refractivity contribution >= 4 is 32.0 Å². The van der Waals surface area contributed by atoms with E-state index in [2.05, 4.69) is 15.0 Å². The maximum absolute atomic E-state index is 13.2. The van der Waals surface area contributed by atoms with Gasteiger partial charge in [-0.05, 0) is 30.3 Å². The van der Waals surface area contributed by atoms with E-state index in [0.29, 0.717) is 5.52 Å². The molecular weight excluding hydrogens is 360 g/mol. The van der Waals surface area contributed by atoms with Crippen LogP contribution in [0.3, 0.4) is 0 Å². The van der Waals surface area contributed by atoms with Crippen molar-refractivity contribution in [1.82, 2.24) is 18.9 Å². The Bertz CT molecular complexity index is 1390. The van der Waals surface area contributed by atoms with E-state index in [1.54, 1.807) is 55.1 Å². The van der Waals surface area contributed by atoms with Gasteiger partial charge in [0.1, 0.15) is 5.65 Å². The van der Waals surface area contributed by atoms with Gasteiger partial charge in [0.25, 0.3) is 10.0 Å². The quantitative estimate of drug-likeness (QED) is 0.521. The largest absolute Gasteiger partial charge is 0.346 e. The number of aromatic nitrogens is 4. The second kappa shape index (κ2) is 5.78. The standard InChI is InChI=1S/C20H14N4O2S/c25-27(26,14-5-2-1-3-6-14)24-13-18(15-8-10-21-12-19(15)24)17-11-23-20-16(17)7-4-9-22-20/h1-13H,(H,22,23). The molecule has 0 unspecified atom stereocenters. The summed E-state index contributed by atoms with van der Waals surface area (Å²) in [6.45, 7) is 0. The van der Waals surface area contributed by atoms with E-state index in [4.69, 9.17) is 0 Å². The van der Waals surface area contributed by atoms with Crippen LogP contribution in [0.1, 0.15) is 0 Å². The molecule has 7 heteroatoms. The lowest BCUT2D eigenvalue weighted by Gasteiger charge is -2.06. The van der Waals surface area contributed by atoms with Gasteiger partial charge in [-0.25, -0.2) is 17.4 Å². The fraction of sp³-hybridized carbons (Fsp3) is 0. The molecule has 0 saturated carbocycles. The van der Waals surface area contributed by atoms with Gasteiger partial charge in [0.2, 0.25) is 0 Å². The van der Waals surface area contributed by atoms with Crippen LogP contribution in [0.25, 0.3) is 33.1 Å². The molecule has 0 fully saturated rings. The van der Waals surface area contributed by atoms with Gasteiger partial charge < -0.3 is 4.98 Å². The van der Waals surface area contributed by atoms with Crippen LogP contribution in [0.2, 0.25) is 0 Å². The molecule has 0 aliphatic carbocycles. The molecule has 5 rings (SSSR count). The monoisotopic (exact) mass is 374 g/mol. The molecule has 4 aromatic heterocycles. The second-order valence-corrected chi connectivity index (χ2v) is 7.97. The number of nitrogens with zero attached hydrogens (tertiary/aromatic N) is 3. The first-order chi connectivity index (χ1) is 13.2. The molecule has 4 heterocycles. The number of aromatic amines is 1. The molecule has 132 valence electrons. The molecule has 6 nitrogen and oxygen atoms in total. The van der Waals surface area contributed by atoms with Crippen LogP contribution in [0.5, 0.6) is 0 Å². The number of fused-ring (bicyclic) bond motifs is 2. The van der Waals surface area contributed by atoms with Crippen LogP contribution in [0.4, 0.5) is 0 Å².